The van der Waals surface area contributed by atoms with Crippen LogP contribution in [0.4, 0.5) is 18.0 Å². The smallest absolute Gasteiger partial charge is 0.496 e. The van der Waals surface area contributed by atoms with Gasteiger partial charge < -0.3 is 22.1 Å². The Morgan fingerprint density at radius 3 is 2.29 bits per heavy atom. The van der Waals surface area contributed by atoms with Crippen molar-refractivity contribution < 1.29 is 69.4 Å². The van der Waals surface area contributed by atoms with Gasteiger partial charge >= 0.3 is 63.6 Å². The quantitative estimate of drug-likeness (QED) is 0.141. The summed E-state index contributed by atoms with van der Waals surface area (Å²) in [6.45, 7) is 10.9. The molecule has 2 aromatic carbocycles. The fourth-order valence-corrected chi connectivity index (χ4v) is 4.14. The summed E-state index contributed by atoms with van der Waals surface area (Å²) < 4.78 is 38.3. The average molecular weight is 631 g/mol. The van der Waals surface area contributed by atoms with Gasteiger partial charge in [0.05, 0.1) is 6.42 Å². The van der Waals surface area contributed by atoms with Gasteiger partial charge in [0.25, 0.3) is 0 Å². The van der Waals surface area contributed by atoms with Crippen LogP contribution in [-0.2, 0) is 6.42 Å². The van der Waals surface area contributed by atoms with E-state index in [9.17, 15) is 18.0 Å². The Labute approximate surface area is 296 Å². The topological polar surface area (TPSA) is 92.1 Å². The minimum absolute atomic E-state index is 0. The van der Waals surface area contributed by atoms with E-state index in [2.05, 4.69) is 37.3 Å². The van der Waals surface area contributed by atoms with Crippen molar-refractivity contribution in [2.75, 3.05) is 19.6 Å². The molecule has 0 bridgehead atoms. The molecule has 3 rings (SSSR count). The summed E-state index contributed by atoms with van der Waals surface area (Å²) in [6, 6.07) is 14.2. The van der Waals surface area contributed by atoms with Crippen LogP contribution >= 0.6 is 11.6 Å². The predicted molar refractivity (Wildman–Crippen MR) is 162 cm³/mol. The molecule has 1 unspecified atom stereocenters. The van der Waals surface area contributed by atoms with Gasteiger partial charge in [0, 0.05) is 18.7 Å². The minimum atomic E-state index is -4.41. The zero-order valence-electron chi connectivity index (χ0n) is 24.8. The molecule has 2 aromatic rings. The zero-order valence-corrected chi connectivity index (χ0v) is 28.7. The summed E-state index contributed by atoms with van der Waals surface area (Å²) in [5.41, 5.74) is 3.47. The molecule has 6 nitrogen and oxygen atoms in total. The second-order valence-electron chi connectivity index (χ2n) is 9.27. The summed E-state index contributed by atoms with van der Waals surface area (Å²) in [5.74, 6) is -0.235. The van der Waals surface area contributed by atoms with Gasteiger partial charge in [-0.15, -0.1) is 12.1 Å². The Bertz CT molecular complexity index is 1090. The summed E-state index contributed by atoms with van der Waals surface area (Å²) in [7, 11) is 0. The maximum Gasteiger partial charge on any atom is 1.00 e. The van der Waals surface area contributed by atoms with Gasteiger partial charge in [-0.05, 0) is 44.1 Å². The summed E-state index contributed by atoms with van der Waals surface area (Å²) in [4.78, 5) is 13.5. The maximum absolute atomic E-state index is 12.8. The Morgan fingerprint density at radius 2 is 1.81 bits per heavy atom. The third-order valence-corrected chi connectivity index (χ3v) is 6.68. The molecule has 0 spiro atoms. The molecule has 0 aliphatic heterocycles. The molecule has 4 N–H and O–H groups in total. The SMILES string of the molecule is C=N.CCNC1C[C-]=C(CCNC(=O)N(CCC(F)(F)F)C(=N)c2ccc(CC)cc2)CC1.[CH2-]c1ccccc1Cl.[K+]. The number of amides is 2. The number of carbonyl (C=O) groups is 1. The van der Waals surface area contributed by atoms with E-state index in [1.54, 1.807) is 12.1 Å². The summed E-state index contributed by atoms with van der Waals surface area (Å²) in [6.07, 6.45) is 1.94. The molecule has 11 heteroatoms. The standard InChI is InChI=1S/C23H32F3N4O.C7H6Cl.CH3N.K/c1-3-17-5-9-19(10-6-17)21(27)30(16-14-23(24,25)26)22(31)29-15-13-18-7-11-20(12-8-18)28-4-2;1-6-4-2-3-5-7(6)8;1-2;/h5-6,9-10,20,27-28H,3-4,7,11-16H2,1-2H3,(H,29,31);2-5H,1H2;2H,1H2;/q2*-1;;+1. The van der Waals surface area contributed by atoms with Crippen LogP contribution in [0.25, 0.3) is 0 Å². The number of carbonyl (C=O) groups excluding carboxylic acids is 1. The number of rotatable bonds is 9. The monoisotopic (exact) mass is 630 g/mol. The van der Waals surface area contributed by atoms with Crippen molar-refractivity contribution in [1.82, 2.24) is 15.5 Å². The van der Waals surface area contributed by atoms with Gasteiger partial charge in [-0.1, -0.05) is 55.6 Å². The zero-order chi connectivity index (χ0) is 30.8. The molecule has 0 fully saturated rings. The Hall–Kier alpha value is -1.66. The van der Waals surface area contributed by atoms with Gasteiger partial charge in [0.15, 0.2) is 0 Å². The van der Waals surface area contributed by atoms with Crippen molar-refractivity contribution in [3.05, 3.63) is 88.8 Å². The van der Waals surface area contributed by atoms with E-state index in [1.807, 2.05) is 43.3 Å². The van der Waals surface area contributed by atoms with Crippen LogP contribution in [0.3, 0.4) is 0 Å². The molecule has 0 aromatic heterocycles. The molecule has 0 saturated heterocycles. The average Bonchev–Trinajstić information content (AvgIpc) is 2.96. The van der Waals surface area contributed by atoms with E-state index < -0.39 is 25.2 Å². The van der Waals surface area contributed by atoms with Crippen LogP contribution < -0.4 is 62.0 Å². The van der Waals surface area contributed by atoms with E-state index >= 15 is 0 Å². The Morgan fingerprint density at radius 1 is 1.17 bits per heavy atom. The number of benzene rings is 2. The van der Waals surface area contributed by atoms with Gasteiger partial charge in [-0.25, -0.2) is 4.79 Å². The predicted octanol–water partition coefficient (Wildman–Crippen LogP) is 4.61. The number of urea groups is 1. The first-order valence-corrected chi connectivity index (χ1v) is 14.0. The van der Waals surface area contributed by atoms with E-state index in [0.717, 1.165) is 58.9 Å². The van der Waals surface area contributed by atoms with Crippen LogP contribution in [0, 0.1) is 23.8 Å². The number of alkyl halides is 3. The number of nitrogens with zero attached hydrogens (tertiary/aromatic N) is 1. The molecule has 1 aliphatic rings. The van der Waals surface area contributed by atoms with Crippen LogP contribution in [0.2, 0.25) is 5.02 Å². The Balaban J connectivity index is 0.00000130. The molecule has 1 aliphatic carbocycles. The van der Waals surface area contributed by atoms with E-state index in [4.69, 9.17) is 22.4 Å². The van der Waals surface area contributed by atoms with E-state index in [0.29, 0.717) is 24.6 Å². The van der Waals surface area contributed by atoms with Gasteiger partial charge in [0.1, 0.15) is 5.84 Å². The van der Waals surface area contributed by atoms with E-state index in [-0.39, 0.29) is 57.2 Å². The van der Waals surface area contributed by atoms with Crippen molar-refractivity contribution in [3.8, 4) is 0 Å². The minimum Gasteiger partial charge on any atom is -0.496 e. The number of nitrogens with one attached hydrogen (secondary N) is 4. The first kappa shape index (κ1) is 40.3. The number of hydrogen-bond donors (Lipinski definition) is 4. The first-order chi connectivity index (χ1) is 19.5. The number of amidine groups is 1. The molecule has 226 valence electrons. The van der Waals surface area contributed by atoms with Crippen LogP contribution in [-0.4, -0.2) is 55.3 Å². The van der Waals surface area contributed by atoms with E-state index in [1.165, 1.54) is 0 Å². The van der Waals surface area contributed by atoms with Crippen molar-refractivity contribution in [1.29, 1.82) is 10.8 Å². The molecular weight excluding hydrogens is 590 g/mol. The fourth-order valence-electron chi connectivity index (χ4n) is 4.00. The largest absolute Gasteiger partial charge is 1.00 e. The number of halogens is 4. The van der Waals surface area contributed by atoms with Gasteiger partial charge in [-0.2, -0.15) is 49.7 Å². The molecular formula is C31H41ClF3KN5O-. The molecule has 42 heavy (non-hydrogen) atoms. The Kier molecular flexibility index (Phi) is 21.1. The second kappa shape index (κ2) is 21.9. The maximum atomic E-state index is 12.8. The van der Waals surface area contributed by atoms with Crippen molar-refractivity contribution in [2.24, 2.45) is 0 Å². The second-order valence-corrected chi connectivity index (χ2v) is 9.67. The van der Waals surface area contributed by atoms with Gasteiger partial charge in [0.2, 0.25) is 0 Å². The van der Waals surface area contributed by atoms with Crippen LogP contribution in [0.5, 0.6) is 0 Å². The van der Waals surface area contributed by atoms with Gasteiger partial charge in [-0.3, -0.25) is 15.9 Å². The number of aryl methyl sites for hydroxylation is 1. The fraction of sp³-hybridized carbons (Fsp3) is 0.419. The molecule has 0 saturated carbocycles. The molecule has 0 radical (unpaired) electrons. The first-order valence-electron chi connectivity index (χ1n) is 13.6. The molecule has 0 heterocycles. The third-order valence-electron chi connectivity index (χ3n) is 6.32. The molecule has 2 amide bonds. The van der Waals surface area contributed by atoms with Crippen LogP contribution in [0.15, 0.2) is 54.1 Å². The third kappa shape index (κ3) is 15.7. The summed E-state index contributed by atoms with van der Waals surface area (Å²) >= 11 is 5.65. The normalized spacial score (nSPS) is 14.0. The number of hydrogen-bond acceptors (Lipinski definition) is 4. The van der Waals surface area contributed by atoms with Crippen molar-refractivity contribution >= 4 is 30.2 Å². The summed E-state index contributed by atoms with van der Waals surface area (Å²) in [5, 5.41) is 20.6. The van der Waals surface area contributed by atoms with Crippen molar-refractivity contribution in [2.45, 2.75) is 64.6 Å². The molecule has 1 atom stereocenters. The van der Waals surface area contributed by atoms with Crippen molar-refractivity contribution in [3.63, 3.8) is 0 Å². The van der Waals surface area contributed by atoms with Crippen LogP contribution in [0.1, 0.15) is 62.6 Å².